The summed E-state index contributed by atoms with van der Waals surface area (Å²) in [6.07, 6.45) is 8.44. The molecular formula is C19H34Cl2N2. The van der Waals surface area contributed by atoms with Crippen molar-refractivity contribution in [3.63, 3.8) is 0 Å². The fourth-order valence-electron chi connectivity index (χ4n) is 3.13. The number of nitrogens with zero attached hydrogens (tertiary/aromatic N) is 2. The van der Waals surface area contributed by atoms with E-state index in [2.05, 4.69) is 47.1 Å². The van der Waals surface area contributed by atoms with Gasteiger partial charge in [-0.1, -0.05) is 69.4 Å². The Morgan fingerprint density at radius 2 is 1.30 bits per heavy atom. The molecule has 2 rings (SSSR count). The maximum Gasteiger partial charge on any atom is 0.0234 e. The first-order chi connectivity index (χ1) is 10.4. The quantitative estimate of drug-likeness (QED) is 0.571. The second-order valence-electron chi connectivity index (χ2n) is 6.37. The Labute approximate surface area is 155 Å². The summed E-state index contributed by atoms with van der Waals surface area (Å²) < 4.78 is 0. The minimum Gasteiger partial charge on any atom is -0.301 e. The molecule has 2 nitrogen and oxygen atoms in total. The van der Waals surface area contributed by atoms with Gasteiger partial charge in [0.2, 0.25) is 0 Å². The standard InChI is InChI=1S/C19H32N2.2ClH/c1-2-3-4-5-6-10-13-20-14-16-21(17-15-20)18-19-11-8-7-9-12-19;;/h7-9,11-12H,2-6,10,13-18H2,1H3;2*1H. The van der Waals surface area contributed by atoms with E-state index in [1.54, 1.807) is 0 Å². The summed E-state index contributed by atoms with van der Waals surface area (Å²) in [6.45, 7) is 9.67. The van der Waals surface area contributed by atoms with Crippen molar-refractivity contribution in [1.29, 1.82) is 0 Å². The summed E-state index contributed by atoms with van der Waals surface area (Å²) in [5.41, 5.74) is 1.45. The zero-order valence-electron chi connectivity index (χ0n) is 14.6. The van der Waals surface area contributed by atoms with Gasteiger partial charge in [0.05, 0.1) is 0 Å². The van der Waals surface area contributed by atoms with Gasteiger partial charge in [-0.05, 0) is 18.5 Å². The Morgan fingerprint density at radius 3 is 1.96 bits per heavy atom. The molecule has 0 bridgehead atoms. The van der Waals surface area contributed by atoms with E-state index in [1.165, 1.54) is 76.8 Å². The molecule has 1 aliphatic rings. The van der Waals surface area contributed by atoms with E-state index in [9.17, 15) is 0 Å². The van der Waals surface area contributed by atoms with Crippen LogP contribution in [0.15, 0.2) is 30.3 Å². The maximum absolute atomic E-state index is 2.65. The molecule has 1 fully saturated rings. The average Bonchev–Trinajstić information content (AvgIpc) is 2.53. The Morgan fingerprint density at radius 1 is 0.739 bits per heavy atom. The van der Waals surface area contributed by atoms with E-state index in [0.717, 1.165) is 6.54 Å². The van der Waals surface area contributed by atoms with Gasteiger partial charge < -0.3 is 4.90 Å². The van der Waals surface area contributed by atoms with E-state index in [0.29, 0.717) is 0 Å². The van der Waals surface area contributed by atoms with Crippen molar-refractivity contribution >= 4 is 24.8 Å². The molecule has 0 aliphatic carbocycles. The topological polar surface area (TPSA) is 6.48 Å². The minimum atomic E-state index is 0. The lowest BCUT2D eigenvalue weighted by Gasteiger charge is -2.34. The van der Waals surface area contributed by atoms with E-state index >= 15 is 0 Å². The molecule has 0 saturated carbocycles. The van der Waals surface area contributed by atoms with E-state index in [-0.39, 0.29) is 24.8 Å². The molecule has 1 aromatic carbocycles. The van der Waals surface area contributed by atoms with Gasteiger partial charge in [0.1, 0.15) is 0 Å². The van der Waals surface area contributed by atoms with Crippen LogP contribution in [0.5, 0.6) is 0 Å². The third kappa shape index (κ3) is 9.56. The first kappa shape index (κ1) is 22.7. The Balaban J connectivity index is 0.00000242. The van der Waals surface area contributed by atoms with Crippen molar-refractivity contribution < 1.29 is 0 Å². The van der Waals surface area contributed by atoms with Crippen LogP contribution < -0.4 is 0 Å². The highest BCUT2D eigenvalue weighted by Crippen LogP contribution is 2.10. The highest BCUT2D eigenvalue weighted by atomic mass is 35.5. The van der Waals surface area contributed by atoms with Gasteiger partial charge in [-0.2, -0.15) is 0 Å². The molecule has 0 radical (unpaired) electrons. The van der Waals surface area contributed by atoms with Crippen molar-refractivity contribution in [2.75, 3.05) is 32.7 Å². The van der Waals surface area contributed by atoms with Gasteiger partial charge in [-0.25, -0.2) is 0 Å². The predicted molar refractivity (Wildman–Crippen MR) is 106 cm³/mol. The van der Waals surface area contributed by atoms with Crippen molar-refractivity contribution in [1.82, 2.24) is 9.80 Å². The van der Waals surface area contributed by atoms with Crippen LogP contribution >= 0.6 is 24.8 Å². The van der Waals surface area contributed by atoms with Crippen LogP contribution in [0.2, 0.25) is 0 Å². The molecule has 0 spiro atoms. The van der Waals surface area contributed by atoms with Crippen LogP contribution in [0.1, 0.15) is 51.0 Å². The van der Waals surface area contributed by atoms with Crippen LogP contribution in [-0.4, -0.2) is 42.5 Å². The van der Waals surface area contributed by atoms with E-state index < -0.39 is 0 Å². The van der Waals surface area contributed by atoms with Crippen LogP contribution in [0.4, 0.5) is 0 Å². The monoisotopic (exact) mass is 360 g/mol. The van der Waals surface area contributed by atoms with Crippen LogP contribution in [0.25, 0.3) is 0 Å². The third-order valence-corrected chi connectivity index (χ3v) is 4.54. The van der Waals surface area contributed by atoms with Crippen LogP contribution in [-0.2, 0) is 6.54 Å². The number of benzene rings is 1. The molecule has 0 aromatic heterocycles. The molecule has 4 heteroatoms. The Kier molecular flexibility index (Phi) is 13.9. The highest BCUT2D eigenvalue weighted by Gasteiger charge is 2.16. The first-order valence-corrected chi connectivity index (χ1v) is 8.87. The average molecular weight is 361 g/mol. The van der Waals surface area contributed by atoms with E-state index in [4.69, 9.17) is 0 Å². The molecule has 0 unspecified atom stereocenters. The summed E-state index contributed by atoms with van der Waals surface area (Å²) in [5, 5.41) is 0. The molecule has 0 amide bonds. The molecule has 0 atom stereocenters. The fraction of sp³-hybridized carbons (Fsp3) is 0.684. The fourth-order valence-corrected chi connectivity index (χ4v) is 3.13. The molecule has 0 N–H and O–H groups in total. The summed E-state index contributed by atoms with van der Waals surface area (Å²) in [4.78, 5) is 5.24. The summed E-state index contributed by atoms with van der Waals surface area (Å²) in [5.74, 6) is 0. The normalized spacial score (nSPS) is 15.7. The van der Waals surface area contributed by atoms with Crippen molar-refractivity contribution in [2.24, 2.45) is 0 Å². The van der Waals surface area contributed by atoms with Gasteiger partial charge in [-0.15, -0.1) is 24.8 Å². The molecule has 1 saturated heterocycles. The second kappa shape index (κ2) is 14.1. The number of unbranched alkanes of at least 4 members (excludes halogenated alkanes) is 5. The molecule has 1 aromatic rings. The maximum atomic E-state index is 2.65. The smallest absolute Gasteiger partial charge is 0.0234 e. The number of halogens is 2. The molecule has 23 heavy (non-hydrogen) atoms. The zero-order chi connectivity index (χ0) is 14.8. The van der Waals surface area contributed by atoms with Gasteiger partial charge >= 0.3 is 0 Å². The zero-order valence-corrected chi connectivity index (χ0v) is 16.2. The lowest BCUT2D eigenvalue weighted by molar-refractivity contribution is 0.125. The lowest BCUT2D eigenvalue weighted by Crippen LogP contribution is -2.46. The van der Waals surface area contributed by atoms with Gasteiger partial charge in [0.15, 0.2) is 0 Å². The Hall–Kier alpha value is -0.280. The van der Waals surface area contributed by atoms with Crippen molar-refractivity contribution in [2.45, 2.75) is 52.0 Å². The number of hydrogen-bond donors (Lipinski definition) is 0. The largest absolute Gasteiger partial charge is 0.301 e. The second-order valence-corrected chi connectivity index (χ2v) is 6.37. The SMILES string of the molecule is CCCCCCCCN1CCN(Cc2ccccc2)CC1.Cl.Cl. The van der Waals surface area contributed by atoms with Crippen molar-refractivity contribution in [3.8, 4) is 0 Å². The molecule has 1 aliphatic heterocycles. The minimum absolute atomic E-state index is 0. The number of piperazine rings is 1. The molecule has 134 valence electrons. The van der Waals surface area contributed by atoms with Gasteiger partial charge in [0, 0.05) is 32.7 Å². The summed E-state index contributed by atoms with van der Waals surface area (Å²) in [6, 6.07) is 10.9. The van der Waals surface area contributed by atoms with Crippen molar-refractivity contribution in [3.05, 3.63) is 35.9 Å². The number of rotatable bonds is 9. The van der Waals surface area contributed by atoms with Gasteiger partial charge in [0.25, 0.3) is 0 Å². The highest BCUT2D eigenvalue weighted by molar-refractivity contribution is 5.85. The van der Waals surface area contributed by atoms with Gasteiger partial charge in [-0.3, -0.25) is 4.90 Å². The summed E-state index contributed by atoms with van der Waals surface area (Å²) >= 11 is 0. The molecule has 1 heterocycles. The van der Waals surface area contributed by atoms with Crippen LogP contribution in [0, 0.1) is 0 Å². The summed E-state index contributed by atoms with van der Waals surface area (Å²) in [7, 11) is 0. The Bertz CT molecular complexity index is 365. The number of hydrogen-bond acceptors (Lipinski definition) is 2. The third-order valence-electron chi connectivity index (χ3n) is 4.54. The van der Waals surface area contributed by atoms with Crippen LogP contribution in [0.3, 0.4) is 0 Å². The predicted octanol–water partition coefficient (Wildman–Crippen LogP) is 5.01. The molecular weight excluding hydrogens is 327 g/mol. The van der Waals surface area contributed by atoms with E-state index in [1.807, 2.05) is 0 Å². The lowest BCUT2D eigenvalue weighted by atomic mass is 10.1. The first-order valence-electron chi connectivity index (χ1n) is 8.87.